The highest BCUT2D eigenvalue weighted by molar-refractivity contribution is 9.10. The van der Waals surface area contributed by atoms with E-state index < -0.39 is 0 Å². The van der Waals surface area contributed by atoms with E-state index in [-0.39, 0.29) is 5.41 Å². The second kappa shape index (κ2) is 6.21. The summed E-state index contributed by atoms with van der Waals surface area (Å²) in [4.78, 5) is 0. The van der Waals surface area contributed by atoms with Crippen molar-refractivity contribution in [1.82, 2.24) is 15.1 Å². The van der Waals surface area contributed by atoms with Gasteiger partial charge in [-0.05, 0) is 34.7 Å². The molecule has 0 aliphatic rings. The third kappa shape index (κ3) is 4.27. The third-order valence-electron chi connectivity index (χ3n) is 2.93. The zero-order valence-corrected chi connectivity index (χ0v) is 13.3. The minimum atomic E-state index is 0.238. The molecular formula is C12H21BrClN3. The quantitative estimate of drug-likeness (QED) is 0.815. The van der Waals surface area contributed by atoms with Crippen molar-refractivity contribution in [2.45, 2.75) is 33.7 Å². The largest absolute Gasteiger partial charge is 0.311 e. The lowest BCUT2D eigenvalue weighted by Gasteiger charge is -2.23. The van der Waals surface area contributed by atoms with Crippen LogP contribution < -0.4 is 5.32 Å². The van der Waals surface area contributed by atoms with Crippen LogP contribution in [0.1, 0.15) is 31.7 Å². The number of alkyl halides is 1. The molecule has 98 valence electrons. The van der Waals surface area contributed by atoms with E-state index in [2.05, 4.69) is 40.2 Å². The molecule has 0 aromatic carbocycles. The molecule has 1 heterocycles. The highest BCUT2D eigenvalue weighted by atomic mass is 79.9. The Hall–Kier alpha value is -0.0600. The molecule has 1 N–H and O–H groups in total. The fourth-order valence-corrected chi connectivity index (χ4v) is 2.72. The van der Waals surface area contributed by atoms with E-state index in [1.165, 1.54) is 5.69 Å². The number of halogens is 2. The van der Waals surface area contributed by atoms with Crippen molar-refractivity contribution in [3.05, 3.63) is 15.9 Å². The van der Waals surface area contributed by atoms with Crippen molar-refractivity contribution in [1.29, 1.82) is 0 Å². The van der Waals surface area contributed by atoms with Crippen LogP contribution >= 0.6 is 27.5 Å². The molecule has 0 saturated carbocycles. The Balaban J connectivity index is 2.51. The lowest BCUT2D eigenvalue weighted by atomic mass is 9.90. The highest BCUT2D eigenvalue weighted by Crippen LogP contribution is 2.22. The van der Waals surface area contributed by atoms with Gasteiger partial charge in [-0.3, -0.25) is 4.68 Å². The first-order chi connectivity index (χ1) is 7.87. The van der Waals surface area contributed by atoms with E-state index in [0.717, 1.165) is 29.7 Å². The summed E-state index contributed by atoms with van der Waals surface area (Å²) in [5, 5.41) is 7.84. The Morgan fingerprint density at radius 1 is 1.47 bits per heavy atom. The van der Waals surface area contributed by atoms with Crippen LogP contribution in [0.5, 0.6) is 0 Å². The fraction of sp³-hybridized carbons (Fsp3) is 0.750. The van der Waals surface area contributed by atoms with Gasteiger partial charge in [0.2, 0.25) is 0 Å². The number of hydrogen-bond acceptors (Lipinski definition) is 2. The smallest absolute Gasteiger partial charge is 0.0739 e. The molecule has 0 saturated heterocycles. The van der Waals surface area contributed by atoms with Crippen LogP contribution in [0.25, 0.3) is 0 Å². The Labute approximate surface area is 117 Å². The molecule has 0 fully saturated rings. The summed E-state index contributed by atoms with van der Waals surface area (Å²) < 4.78 is 3.02. The molecule has 0 aliphatic carbocycles. The van der Waals surface area contributed by atoms with Gasteiger partial charge in [0.25, 0.3) is 0 Å². The lowest BCUT2D eigenvalue weighted by Crippen LogP contribution is -2.30. The zero-order valence-electron chi connectivity index (χ0n) is 11.0. The van der Waals surface area contributed by atoms with Gasteiger partial charge < -0.3 is 5.32 Å². The summed E-state index contributed by atoms with van der Waals surface area (Å²) in [5.74, 6) is 0.712. The van der Waals surface area contributed by atoms with E-state index in [1.54, 1.807) is 0 Å². The lowest BCUT2D eigenvalue weighted by molar-refractivity contribution is 0.328. The van der Waals surface area contributed by atoms with Gasteiger partial charge in [-0.1, -0.05) is 13.8 Å². The van der Waals surface area contributed by atoms with Gasteiger partial charge in [-0.2, -0.15) is 5.10 Å². The summed E-state index contributed by atoms with van der Waals surface area (Å²) >= 11 is 9.35. The molecule has 1 aromatic rings. The predicted molar refractivity (Wildman–Crippen MR) is 76.5 cm³/mol. The number of nitrogens with one attached hydrogen (secondary N) is 1. The van der Waals surface area contributed by atoms with E-state index in [0.29, 0.717) is 5.88 Å². The number of nitrogens with zero attached hydrogens (tertiary/aromatic N) is 2. The van der Waals surface area contributed by atoms with Crippen molar-refractivity contribution in [3.8, 4) is 0 Å². The average Bonchev–Trinajstić information content (AvgIpc) is 2.44. The number of aromatic nitrogens is 2. The van der Waals surface area contributed by atoms with Gasteiger partial charge in [-0.25, -0.2) is 0 Å². The summed E-state index contributed by atoms with van der Waals surface area (Å²) in [6.45, 7) is 8.24. The molecule has 3 nitrogen and oxygen atoms in total. The number of hydrogen-bond donors (Lipinski definition) is 1. The molecule has 0 atom stereocenters. The second-order valence-corrected chi connectivity index (χ2v) is 6.35. The van der Waals surface area contributed by atoms with E-state index in [4.69, 9.17) is 11.6 Å². The maximum atomic E-state index is 5.79. The Morgan fingerprint density at radius 3 is 2.59 bits per heavy atom. The molecule has 0 unspecified atom stereocenters. The van der Waals surface area contributed by atoms with Crippen molar-refractivity contribution >= 4 is 27.5 Å². The van der Waals surface area contributed by atoms with Crippen LogP contribution in [0, 0.1) is 12.3 Å². The molecule has 0 aliphatic heterocycles. The van der Waals surface area contributed by atoms with E-state index >= 15 is 0 Å². The normalized spacial score (nSPS) is 12.1. The molecule has 0 spiro atoms. The van der Waals surface area contributed by atoms with Crippen LogP contribution in [-0.2, 0) is 13.6 Å². The van der Waals surface area contributed by atoms with Crippen LogP contribution in [0.3, 0.4) is 0 Å². The highest BCUT2D eigenvalue weighted by Gasteiger charge is 2.17. The molecule has 17 heavy (non-hydrogen) atoms. The van der Waals surface area contributed by atoms with Crippen LogP contribution in [-0.4, -0.2) is 22.2 Å². The van der Waals surface area contributed by atoms with Crippen molar-refractivity contribution < 1.29 is 0 Å². The van der Waals surface area contributed by atoms with Crippen LogP contribution in [0.15, 0.2) is 4.47 Å². The Bertz CT molecular complexity index is 374. The summed E-state index contributed by atoms with van der Waals surface area (Å²) in [6, 6.07) is 0. The average molecular weight is 323 g/mol. The zero-order chi connectivity index (χ0) is 13.1. The monoisotopic (exact) mass is 321 g/mol. The number of aryl methyl sites for hydroxylation is 2. The maximum Gasteiger partial charge on any atom is 0.0739 e. The van der Waals surface area contributed by atoms with Crippen molar-refractivity contribution in [3.63, 3.8) is 0 Å². The minimum Gasteiger partial charge on any atom is -0.311 e. The summed E-state index contributed by atoms with van der Waals surface area (Å²) in [6.07, 6.45) is 1.02. The SMILES string of the molecule is Cc1nn(C)c(CNCC(C)(C)CCCl)c1Br. The number of rotatable bonds is 6. The second-order valence-electron chi connectivity index (χ2n) is 5.18. The van der Waals surface area contributed by atoms with Gasteiger partial charge in [0.05, 0.1) is 15.9 Å². The first kappa shape index (κ1) is 15.0. The molecule has 5 heteroatoms. The molecule has 1 aromatic heterocycles. The molecular weight excluding hydrogens is 302 g/mol. The van der Waals surface area contributed by atoms with Crippen molar-refractivity contribution in [2.75, 3.05) is 12.4 Å². The van der Waals surface area contributed by atoms with Gasteiger partial charge in [0, 0.05) is 26.0 Å². The Morgan fingerprint density at radius 2 is 2.12 bits per heavy atom. The van der Waals surface area contributed by atoms with Crippen LogP contribution in [0.2, 0.25) is 0 Å². The minimum absolute atomic E-state index is 0.238. The topological polar surface area (TPSA) is 29.9 Å². The Kier molecular flexibility index (Phi) is 5.48. The van der Waals surface area contributed by atoms with Gasteiger partial charge >= 0.3 is 0 Å². The van der Waals surface area contributed by atoms with Gasteiger partial charge in [0.15, 0.2) is 0 Å². The standard InChI is InChI=1S/C12H21BrClN3/c1-9-11(13)10(17(4)16-9)7-15-8-12(2,3)5-6-14/h15H,5-8H2,1-4H3. The molecule has 0 radical (unpaired) electrons. The summed E-state index contributed by atoms with van der Waals surface area (Å²) in [7, 11) is 1.97. The van der Waals surface area contributed by atoms with Gasteiger partial charge in [0.1, 0.15) is 0 Å². The maximum absolute atomic E-state index is 5.79. The van der Waals surface area contributed by atoms with E-state index in [1.807, 2.05) is 18.7 Å². The first-order valence-electron chi connectivity index (χ1n) is 5.82. The predicted octanol–water partition coefficient (Wildman–Crippen LogP) is 3.24. The first-order valence-corrected chi connectivity index (χ1v) is 7.15. The molecule has 0 bridgehead atoms. The molecule has 0 amide bonds. The van der Waals surface area contributed by atoms with Crippen LogP contribution in [0.4, 0.5) is 0 Å². The summed E-state index contributed by atoms with van der Waals surface area (Å²) in [5.41, 5.74) is 2.45. The van der Waals surface area contributed by atoms with Crippen molar-refractivity contribution in [2.24, 2.45) is 12.5 Å². The van der Waals surface area contributed by atoms with E-state index in [9.17, 15) is 0 Å². The fourth-order valence-electron chi connectivity index (χ4n) is 1.74. The third-order valence-corrected chi connectivity index (χ3v) is 4.15. The molecule has 1 rings (SSSR count). The van der Waals surface area contributed by atoms with Gasteiger partial charge in [-0.15, -0.1) is 11.6 Å².